The van der Waals surface area contributed by atoms with Crippen LogP contribution in [0.4, 0.5) is 4.39 Å². The molecule has 5 nitrogen and oxygen atoms in total. The van der Waals surface area contributed by atoms with Crippen molar-refractivity contribution in [2.45, 2.75) is 38.7 Å². The molecule has 1 aliphatic rings. The van der Waals surface area contributed by atoms with E-state index in [1.165, 1.54) is 13.2 Å². The summed E-state index contributed by atoms with van der Waals surface area (Å²) in [4.78, 5) is 15.9. The number of esters is 1. The molecule has 6 heteroatoms. The lowest BCUT2D eigenvalue weighted by Crippen LogP contribution is -2.15. The predicted molar refractivity (Wildman–Crippen MR) is 124 cm³/mol. The highest BCUT2D eigenvalue weighted by atomic mass is 19.1. The minimum absolute atomic E-state index is 0.238. The van der Waals surface area contributed by atoms with Gasteiger partial charge in [0, 0.05) is 17.8 Å². The number of aryl methyl sites for hydroxylation is 1. The predicted octanol–water partition coefficient (Wildman–Crippen LogP) is 5.70. The second-order valence-corrected chi connectivity index (χ2v) is 8.39. The van der Waals surface area contributed by atoms with Crippen molar-refractivity contribution in [2.24, 2.45) is 5.92 Å². The van der Waals surface area contributed by atoms with Gasteiger partial charge in [0.25, 0.3) is 0 Å². The number of carbonyl (C=O) groups is 1. The lowest BCUT2D eigenvalue weighted by Gasteiger charge is -2.20. The largest absolute Gasteiger partial charge is 0.485 e. The standard InChI is InChI=1S/C27H28FNO4/c1-17(27(30)32-3)13-18-7-8-19-5-4-6-24(33-25(19)14-18)22-10-9-20(15-23(22)28)21-11-12-29-26(16-21)31-2/h7-12,14-17,24H,4-6,13H2,1-3H3. The van der Waals surface area contributed by atoms with Gasteiger partial charge in [-0.1, -0.05) is 31.2 Å². The van der Waals surface area contributed by atoms with E-state index in [2.05, 4.69) is 4.98 Å². The van der Waals surface area contributed by atoms with Crippen molar-refractivity contribution in [3.05, 3.63) is 77.2 Å². The normalized spacial score (nSPS) is 16.2. The minimum atomic E-state index is -0.374. The molecular weight excluding hydrogens is 421 g/mol. The van der Waals surface area contributed by atoms with Gasteiger partial charge in [-0.15, -0.1) is 0 Å². The van der Waals surface area contributed by atoms with Gasteiger partial charge in [-0.3, -0.25) is 4.79 Å². The molecule has 0 saturated carbocycles. The zero-order valence-electron chi connectivity index (χ0n) is 19.1. The first-order valence-electron chi connectivity index (χ1n) is 11.1. The van der Waals surface area contributed by atoms with E-state index in [1.807, 2.05) is 37.3 Å². The Labute approximate surface area is 193 Å². The first kappa shape index (κ1) is 22.8. The first-order chi connectivity index (χ1) is 16.0. The van der Waals surface area contributed by atoms with E-state index >= 15 is 4.39 Å². The molecule has 0 radical (unpaired) electrons. The summed E-state index contributed by atoms with van der Waals surface area (Å²) in [5, 5.41) is 0. The number of rotatable bonds is 6. The number of halogens is 1. The Hall–Kier alpha value is -3.41. The van der Waals surface area contributed by atoms with Crippen LogP contribution in [0, 0.1) is 11.7 Å². The van der Waals surface area contributed by atoms with Gasteiger partial charge in [0.2, 0.25) is 5.88 Å². The van der Waals surface area contributed by atoms with E-state index < -0.39 is 0 Å². The molecule has 0 amide bonds. The third-order valence-electron chi connectivity index (χ3n) is 6.08. The van der Waals surface area contributed by atoms with Crippen LogP contribution in [-0.4, -0.2) is 25.2 Å². The Morgan fingerprint density at radius 2 is 1.97 bits per heavy atom. The number of benzene rings is 2. The maximum Gasteiger partial charge on any atom is 0.308 e. The van der Waals surface area contributed by atoms with Crippen LogP contribution in [0.25, 0.3) is 11.1 Å². The lowest BCUT2D eigenvalue weighted by molar-refractivity contribution is -0.144. The van der Waals surface area contributed by atoms with Crippen LogP contribution in [0.3, 0.4) is 0 Å². The number of hydrogen-bond acceptors (Lipinski definition) is 5. The molecule has 2 aromatic carbocycles. The molecule has 33 heavy (non-hydrogen) atoms. The van der Waals surface area contributed by atoms with Crippen molar-refractivity contribution in [3.8, 4) is 22.8 Å². The topological polar surface area (TPSA) is 57.7 Å². The van der Waals surface area contributed by atoms with Crippen LogP contribution in [0.15, 0.2) is 54.7 Å². The van der Waals surface area contributed by atoms with Crippen LogP contribution in [0.2, 0.25) is 0 Å². The molecule has 0 aliphatic carbocycles. The van der Waals surface area contributed by atoms with Gasteiger partial charge < -0.3 is 14.2 Å². The van der Waals surface area contributed by atoms with Crippen LogP contribution in [0.5, 0.6) is 11.6 Å². The number of fused-ring (bicyclic) bond motifs is 1. The second kappa shape index (κ2) is 10.0. The quantitative estimate of drug-likeness (QED) is 0.452. The van der Waals surface area contributed by atoms with E-state index in [0.717, 1.165) is 47.3 Å². The molecule has 1 aromatic heterocycles. The summed E-state index contributed by atoms with van der Waals surface area (Å²) in [5.74, 6) is 0.462. The van der Waals surface area contributed by atoms with E-state index in [4.69, 9.17) is 14.2 Å². The van der Waals surface area contributed by atoms with Gasteiger partial charge in [-0.05, 0) is 66.1 Å². The molecule has 172 valence electrons. The fourth-order valence-corrected chi connectivity index (χ4v) is 4.26. The van der Waals surface area contributed by atoms with Gasteiger partial charge >= 0.3 is 5.97 Å². The molecule has 2 unspecified atom stereocenters. The summed E-state index contributed by atoms with van der Waals surface area (Å²) >= 11 is 0. The Morgan fingerprint density at radius 1 is 1.15 bits per heavy atom. The Morgan fingerprint density at radius 3 is 2.73 bits per heavy atom. The summed E-state index contributed by atoms with van der Waals surface area (Å²) < 4.78 is 31.6. The van der Waals surface area contributed by atoms with Crippen molar-refractivity contribution >= 4 is 5.97 Å². The minimum Gasteiger partial charge on any atom is -0.485 e. The van der Waals surface area contributed by atoms with E-state index in [9.17, 15) is 4.79 Å². The number of nitrogens with zero attached hydrogens (tertiary/aromatic N) is 1. The van der Waals surface area contributed by atoms with Gasteiger partial charge in [0.15, 0.2) is 0 Å². The molecule has 0 N–H and O–H groups in total. The molecule has 4 rings (SSSR count). The van der Waals surface area contributed by atoms with Gasteiger partial charge in [0.1, 0.15) is 17.7 Å². The van der Waals surface area contributed by atoms with Crippen molar-refractivity contribution in [3.63, 3.8) is 0 Å². The highest BCUT2D eigenvalue weighted by molar-refractivity contribution is 5.72. The summed E-state index contributed by atoms with van der Waals surface area (Å²) in [6, 6.07) is 14.9. The van der Waals surface area contributed by atoms with Crippen molar-refractivity contribution in [2.75, 3.05) is 14.2 Å². The monoisotopic (exact) mass is 449 g/mol. The van der Waals surface area contributed by atoms with E-state index in [1.54, 1.807) is 25.4 Å². The summed E-state index contributed by atoms with van der Waals surface area (Å²) in [7, 11) is 2.95. The smallest absolute Gasteiger partial charge is 0.308 e. The molecule has 2 atom stereocenters. The van der Waals surface area contributed by atoms with Crippen molar-refractivity contribution in [1.29, 1.82) is 0 Å². The third-order valence-corrected chi connectivity index (χ3v) is 6.08. The zero-order valence-corrected chi connectivity index (χ0v) is 19.1. The molecule has 3 aromatic rings. The van der Waals surface area contributed by atoms with Crippen LogP contribution < -0.4 is 9.47 Å². The van der Waals surface area contributed by atoms with Crippen LogP contribution in [-0.2, 0) is 22.4 Å². The SMILES string of the molecule is COC(=O)C(C)Cc1ccc2c(c1)OC(c1ccc(-c3ccnc(OC)c3)cc1F)CCC2. The highest BCUT2D eigenvalue weighted by Gasteiger charge is 2.23. The lowest BCUT2D eigenvalue weighted by atomic mass is 9.98. The number of ether oxygens (including phenoxy) is 3. The fourth-order valence-electron chi connectivity index (χ4n) is 4.26. The summed E-state index contributed by atoms with van der Waals surface area (Å²) in [6.45, 7) is 1.84. The molecule has 0 spiro atoms. The molecule has 0 bridgehead atoms. The average molecular weight is 450 g/mol. The Bertz CT molecular complexity index is 1150. The zero-order chi connectivity index (χ0) is 23.4. The van der Waals surface area contributed by atoms with Gasteiger partial charge in [0.05, 0.1) is 20.1 Å². The average Bonchev–Trinajstić information content (AvgIpc) is 3.05. The van der Waals surface area contributed by atoms with Gasteiger partial charge in [-0.25, -0.2) is 9.37 Å². The van der Waals surface area contributed by atoms with Crippen LogP contribution >= 0.6 is 0 Å². The molecule has 2 heterocycles. The number of aromatic nitrogens is 1. The summed E-state index contributed by atoms with van der Waals surface area (Å²) in [5.41, 5.74) is 4.23. The van der Waals surface area contributed by atoms with E-state index in [0.29, 0.717) is 17.9 Å². The molecular formula is C27H28FNO4. The summed E-state index contributed by atoms with van der Waals surface area (Å²) in [6.07, 6.45) is 4.33. The highest BCUT2D eigenvalue weighted by Crippen LogP contribution is 2.36. The maximum atomic E-state index is 15.2. The van der Waals surface area contributed by atoms with Crippen molar-refractivity contribution < 1.29 is 23.4 Å². The molecule has 1 aliphatic heterocycles. The molecule has 0 fully saturated rings. The van der Waals surface area contributed by atoms with Gasteiger partial charge in [-0.2, -0.15) is 0 Å². The number of pyridine rings is 1. The Kier molecular flexibility index (Phi) is 6.92. The third kappa shape index (κ3) is 5.16. The van der Waals surface area contributed by atoms with Crippen LogP contribution in [0.1, 0.15) is 42.6 Å². The first-order valence-corrected chi connectivity index (χ1v) is 11.1. The van der Waals surface area contributed by atoms with Crippen molar-refractivity contribution in [1.82, 2.24) is 4.98 Å². The Balaban J connectivity index is 1.57. The maximum absolute atomic E-state index is 15.2. The number of methoxy groups -OCH3 is 2. The number of hydrogen-bond donors (Lipinski definition) is 0. The second-order valence-electron chi connectivity index (χ2n) is 8.39. The fraction of sp³-hybridized carbons (Fsp3) is 0.333. The molecule has 0 saturated heterocycles. The van der Waals surface area contributed by atoms with E-state index in [-0.39, 0.29) is 23.8 Å². The number of carbonyl (C=O) groups excluding carboxylic acids is 1.